The molecule has 1 saturated heterocycles. The average Bonchev–Trinajstić information content (AvgIpc) is 2.46. The molecule has 86 valence electrons. The molecule has 2 bridgehead atoms. The second-order valence-electron chi connectivity index (χ2n) is 5.68. The molecular formula is C15H21N. The van der Waals surface area contributed by atoms with E-state index in [4.69, 9.17) is 0 Å². The van der Waals surface area contributed by atoms with Gasteiger partial charge in [-0.15, -0.1) is 0 Å². The second-order valence-corrected chi connectivity index (χ2v) is 5.68. The van der Waals surface area contributed by atoms with Crippen LogP contribution in [0.15, 0.2) is 24.3 Å². The lowest BCUT2D eigenvalue weighted by atomic mass is 9.99. The minimum atomic E-state index is 0.720. The number of benzene rings is 1. The first-order chi connectivity index (χ1) is 7.77. The molecule has 0 spiro atoms. The van der Waals surface area contributed by atoms with E-state index in [2.05, 4.69) is 43.0 Å². The lowest BCUT2D eigenvalue weighted by molar-refractivity contribution is 0.0946. The maximum atomic E-state index is 2.75. The summed E-state index contributed by atoms with van der Waals surface area (Å²) < 4.78 is 0. The molecule has 0 saturated carbocycles. The molecule has 0 aromatic heterocycles. The first-order valence-electron chi connectivity index (χ1n) is 6.62. The molecule has 1 aromatic rings. The van der Waals surface area contributed by atoms with Crippen molar-refractivity contribution in [3.63, 3.8) is 0 Å². The van der Waals surface area contributed by atoms with Crippen LogP contribution in [0.4, 0.5) is 0 Å². The van der Waals surface area contributed by atoms with E-state index in [1.165, 1.54) is 25.8 Å². The monoisotopic (exact) mass is 215 g/mol. The Bertz CT molecular complexity index is 352. The van der Waals surface area contributed by atoms with Gasteiger partial charge in [-0.3, -0.25) is 4.90 Å². The number of fused-ring (bicyclic) bond motifs is 5. The fraction of sp³-hybridized carbons (Fsp3) is 0.600. The van der Waals surface area contributed by atoms with Crippen molar-refractivity contribution in [2.75, 3.05) is 6.54 Å². The van der Waals surface area contributed by atoms with E-state index in [1.807, 2.05) is 0 Å². The number of hydrogen-bond donors (Lipinski definition) is 0. The normalized spacial score (nSPS) is 28.4. The van der Waals surface area contributed by atoms with Crippen molar-refractivity contribution < 1.29 is 0 Å². The predicted molar refractivity (Wildman–Crippen MR) is 67.3 cm³/mol. The molecular weight excluding hydrogens is 194 g/mol. The van der Waals surface area contributed by atoms with Crippen molar-refractivity contribution in [3.05, 3.63) is 35.4 Å². The lowest BCUT2D eigenvalue weighted by Crippen LogP contribution is -2.33. The first kappa shape index (κ1) is 10.3. The van der Waals surface area contributed by atoms with Gasteiger partial charge in [-0.2, -0.15) is 0 Å². The van der Waals surface area contributed by atoms with Gasteiger partial charge in [0.25, 0.3) is 0 Å². The molecule has 0 aliphatic carbocycles. The Kier molecular flexibility index (Phi) is 2.51. The average molecular weight is 215 g/mol. The maximum absolute atomic E-state index is 2.75. The fourth-order valence-corrected chi connectivity index (χ4v) is 3.52. The SMILES string of the molecule is CC(C)CN1C2CCCC1c1ccccc12. The summed E-state index contributed by atoms with van der Waals surface area (Å²) in [4.78, 5) is 2.75. The van der Waals surface area contributed by atoms with Crippen molar-refractivity contribution in [2.45, 2.75) is 45.2 Å². The zero-order chi connectivity index (χ0) is 11.1. The highest BCUT2D eigenvalue weighted by Gasteiger charge is 2.40. The second kappa shape index (κ2) is 3.89. The van der Waals surface area contributed by atoms with Gasteiger partial charge in [0.2, 0.25) is 0 Å². The van der Waals surface area contributed by atoms with Crippen LogP contribution in [0.1, 0.15) is 56.3 Å². The van der Waals surface area contributed by atoms with E-state index in [1.54, 1.807) is 11.1 Å². The molecule has 2 unspecified atom stereocenters. The van der Waals surface area contributed by atoms with Crippen LogP contribution in [0.25, 0.3) is 0 Å². The summed E-state index contributed by atoms with van der Waals surface area (Å²) in [6, 6.07) is 10.5. The summed E-state index contributed by atoms with van der Waals surface area (Å²) in [5.74, 6) is 0.775. The molecule has 2 atom stereocenters. The number of hydrogen-bond acceptors (Lipinski definition) is 1. The molecule has 1 fully saturated rings. The van der Waals surface area contributed by atoms with Crippen LogP contribution in [-0.2, 0) is 0 Å². The Morgan fingerprint density at radius 2 is 1.69 bits per heavy atom. The first-order valence-corrected chi connectivity index (χ1v) is 6.62. The van der Waals surface area contributed by atoms with Crippen LogP contribution in [0.2, 0.25) is 0 Å². The topological polar surface area (TPSA) is 3.24 Å². The van der Waals surface area contributed by atoms with Crippen molar-refractivity contribution >= 4 is 0 Å². The summed E-state index contributed by atoms with van der Waals surface area (Å²) in [6.07, 6.45) is 4.12. The highest BCUT2D eigenvalue weighted by atomic mass is 15.2. The quantitative estimate of drug-likeness (QED) is 0.722. The van der Waals surface area contributed by atoms with Crippen LogP contribution in [0, 0.1) is 5.92 Å². The van der Waals surface area contributed by atoms with Crippen LogP contribution < -0.4 is 0 Å². The molecule has 1 aromatic carbocycles. The van der Waals surface area contributed by atoms with Gasteiger partial charge in [-0.05, 0) is 36.3 Å². The summed E-state index contributed by atoms with van der Waals surface area (Å²) in [5, 5.41) is 0. The van der Waals surface area contributed by atoms with Crippen molar-refractivity contribution in [1.82, 2.24) is 4.90 Å². The van der Waals surface area contributed by atoms with Crippen molar-refractivity contribution in [3.8, 4) is 0 Å². The van der Waals surface area contributed by atoms with Gasteiger partial charge in [-0.25, -0.2) is 0 Å². The van der Waals surface area contributed by atoms with E-state index in [9.17, 15) is 0 Å². The summed E-state index contributed by atoms with van der Waals surface area (Å²) >= 11 is 0. The molecule has 1 nitrogen and oxygen atoms in total. The van der Waals surface area contributed by atoms with Gasteiger partial charge in [0.15, 0.2) is 0 Å². The number of rotatable bonds is 2. The van der Waals surface area contributed by atoms with Gasteiger partial charge in [0.05, 0.1) is 0 Å². The molecule has 3 rings (SSSR count). The van der Waals surface area contributed by atoms with Crippen LogP contribution in [-0.4, -0.2) is 11.4 Å². The molecule has 0 N–H and O–H groups in total. The van der Waals surface area contributed by atoms with Crippen LogP contribution >= 0.6 is 0 Å². The van der Waals surface area contributed by atoms with Crippen molar-refractivity contribution in [1.29, 1.82) is 0 Å². The number of nitrogens with zero attached hydrogens (tertiary/aromatic N) is 1. The molecule has 1 heteroatoms. The molecule has 0 radical (unpaired) electrons. The summed E-state index contributed by atoms with van der Waals surface area (Å²) in [6.45, 7) is 5.92. The van der Waals surface area contributed by atoms with Crippen molar-refractivity contribution in [2.24, 2.45) is 5.92 Å². The summed E-state index contributed by atoms with van der Waals surface area (Å²) in [7, 11) is 0. The maximum Gasteiger partial charge on any atom is 0.0357 e. The largest absolute Gasteiger partial charge is 0.289 e. The summed E-state index contributed by atoms with van der Waals surface area (Å²) in [5.41, 5.74) is 3.23. The highest BCUT2D eigenvalue weighted by molar-refractivity contribution is 5.38. The van der Waals surface area contributed by atoms with Crippen LogP contribution in [0.3, 0.4) is 0 Å². The smallest absolute Gasteiger partial charge is 0.0357 e. The zero-order valence-electron chi connectivity index (χ0n) is 10.3. The molecule has 2 aliphatic rings. The highest BCUT2D eigenvalue weighted by Crippen LogP contribution is 2.50. The predicted octanol–water partition coefficient (Wildman–Crippen LogP) is 3.92. The van der Waals surface area contributed by atoms with Gasteiger partial charge >= 0.3 is 0 Å². The third-order valence-corrected chi connectivity index (χ3v) is 4.05. The molecule has 0 amide bonds. The Labute approximate surface area is 98.5 Å². The van der Waals surface area contributed by atoms with E-state index >= 15 is 0 Å². The Hall–Kier alpha value is -0.820. The Morgan fingerprint density at radius 3 is 2.19 bits per heavy atom. The minimum absolute atomic E-state index is 0.720. The Morgan fingerprint density at radius 1 is 1.12 bits per heavy atom. The molecule has 2 heterocycles. The van der Waals surface area contributed by atoms with Gasteiger partial charge in [0, 0.05) is 18.6 Å². The third kappa shape index (κ3) is 1.49. The van der Waals surface area contributed by atoms with E-state index in [0.29, 0.717) is 0 Å². The lowest BCUT2D eigenvalue weighted by Gasteiger charge is -2.36. The van der Waals surface area contributed by atoms with Gasteiger partial charge in [0.1, 0.15) is 0 Å². The minimum Gasteiger partial charge on any atom is -0.289 e. The van der Waals surface area contributed by atoms with Crippen LogP contribution in [0.5, 0.6) is 0 Å². The zero-order valence-corrected chi connectivity index (χ0v) is 10.3. The van der Waals surface area contributed by atoms with E-state index in [0.717, 1.165) is 18.0 Å². The number of piperidine rings is 1. The molecule has 2 aliphatic heterocycles. The Balaban J connectivity index is 1.97. The van der Waals surface area contributed by atoms with Gasteiger partial charge < -0.3 is 0 Å². The van der Waals surface area contributed by atoms with Gasteiger partial charge in [-0.1, -0.05) is 38.1 Å². The fourth-order valence-electron chi connectivity index (χ4n) is 3.52. The van der Waals surface area contributed by atoms with E-state index < -0.39 is 0 Å². The molecule has 16 heavy (non-hydrogen) atoms. The third-order valence-electron chi connectivity index (χ3n) is 4.05. The van der Waals surface area contributed by atoms with E-state index in [-0.39, 0.29) is 0 Å². The standard InChI is InChI=1S/C15H21N/c1-11(2)10-16-14-8-5-9-15(16)13-7-4-3-6-12(13)14/h3-4,6-7,11,14-15H,5,8-10H2,1-2H3.